The Morgan fingerprint density at radius 1 is 1.58 bits per heavy atom. The van der Waals surface area contributed by atoms with Gasteiger partial charge in [0.15, 0.2) is 0 Å². The first-order valence-corrected chi connectivity index (χ1v) is 6.64. The smallest absolute Gasteiger partial charge is 0.129 e. The van der Waals surface area contributed by atoms with Gasteiger partial charge < -0.3 is 10.5 Å². The lowest BCUT2D eigenvalue weighted by Crippen LogP contribution is -2.42. The number of rotatable bonds is 4. The van der Waals surface area contributed by atoms with E-state index in [9.17, 15) is 4.39 Å². The molecule has 102 valence electrons. The average molecular weight is 262 g/mol. The van der Waals surface area contributed by atoms with Gasteiger partial charge in [-0.25, -0.2) is 4.39 Å². The maximum atomic E-state index is 13.3. The zero-order valence-electron chi connectivity index (χ0n) is 11.2. The SMILES string of the molecule is Cc1ccc(OCCC2CCCC2(N)C#N)cc1F. The van der Waals surface area contributed by atoms with E-state index in [-0.39, 0.29) is 11.7 Å². The predicted octanol–water partition coefficient (Wildman–Crippen LogP) is 2.92. The predicted molar refractivity (Wildman–Crippen MR) is 71.1 cm³/mol. The molecule has 1 saturated carbocycles. The van der Waals surface area contributed by atoms with Crippen molar-refractivity contribution >= 4 is 0 Å². The van der Waals surface area contributed by atoms with E-state index in [1.807, 2.05) is 0 Å². The number of ether oxygens (including phenoxy) is 1. The topological polar surface area (TPSA) is 59.0 Å². The number of nitrogens with two attached hydrogens (primary N) is 1. The lowest BCUT2D eigenvalue weighted by Gasteiger charge is -2.23. The Kier molecular flexibility index (Phi) is 4.06. The Bertz CT molecular complexity index is 497. The Labute approximate surface area is 113 Å². The van der Waals surface area contributed by atoms with E-state index in [1.54, 1.807) is 19.1 Å². The molecule has 1 aliphatic rings. The van der Waals surface area contributed by atoms with Crippen molar-refractivity contribution in [1.82, 2.24) is 0 Å². The number of benzene rings is 1. The number of halogens is 1. The van der Waals surface area contributed by atoms with Gasteiger partial charge in [0.1, 0.15) is 17.1 Å². The van der Waals surface area contributed by atoms with E-state index in [0.717, 1.165) is 25.7 Å². The van der Waals surface area contributed by atoms with Crippen LogP contribution in [-0.2, 0) is 0 Å². The molecule has 1 aromatic rings. The molecule has 0 radical (unpaired) electrons. The number of aryl methyl sites for hydroxylation is 1. The third-order valence-corrected chi connectivity index (χ3v) is 3.96. The van der Waals surface area contributed by atoms with Crippen molar-refractivity contribution < 1.29 is 9.13 Å². The zero-order valence-corrected chi connectivity index (χ0v) is 11.2. The lowest BCUT2D eigenvalue weighted by atomic mass is 9.87. The summed E-state index contributed by atoms with van der Waals surface area (Å²) in [6.07, 6.45) is 3.45. The Morgan fingerprint density at radius 3 is 3.05 bits per heavy atom. The summed E-state index contributed by atoms with van der Waals surface area (Å²) in [5, 5.41) is 9.11. The van der Waals surface area contributed by atoms with Crippen LogP contribution in [0.3, 0.4) is 0 Å². The maximum absolute atomic E-state index is 13.3. The molecule has 1 aliphatic carbocycles. The number of nitrogens with zero attached hydrogens (tertiary/aromatic N) is 1. The molecule has 0 aromatic heterocycles. The van der Waals surface area contributed by atoms with Crippen LogP contribution in [0.15, 0.2) is 18.2 Å². The van der Waals surface area contributed by atoms with Gasteiger partial charge in [-0.3, -0.25) is 0 Å². The summed E-state index contributed by atoms with van der Waals surface area (Å²) in [7, 11) is 0. The normalized spacial score (nSPS) is 26.1. The van der Waals surface area contributed by atoms with Gasteiger partial charge in [0.2, 0.25) is 0 Å². The highest BCUT2D eigenvalue weighted by atomic mass is 19.1. The van der Waals surface area contributed by atoms with Crippen LogP contribution in [0.4, 0.5) is 4.39 Å². The molecule has 0 spiro atoms. The van der Waals surface area contributed by atoms with Gasteiger partial charge in [-0.15, -0.1) is 0 Å². The average Bonchev–Trinajstić information content (AvgIpc) is 2.76. The first-order chi connectivity index (χ1) is 9.05. The van der Waals surface area contributed by atoms with Crippen LogP contribution < -0.4 is 10.5 Å². The largest absolute Gasteiger partial charge is 0.493 e. The molecule has 3 nitrogen and oxygen atoms in total. The van der Waals surface area contributed by atoms with Gasteiger partial charge in [0.25, 0.3) is 0 Å². The van der Waals surface area contributed by atoms with Crippen LogP contribution in [0, 0.1) is 30.0 Å². The minimum absolute atomic E-state index is 0.174. The highest BCUT2D eigenvalue weighted by molar-refractivity contribution is 5.28. The molecule has 2 atom stereocenters. The summed E-state index contributed by atoms with van der Waals surface area (Å²) in [6, 6.07) is 7.06. The quantitative estimate of drug-likeness (QED) is 0.907. The Morgan fingerprint density at radius 2 is 2.37 bits per heavy atom. The summed E-state index contributed by atoms with van der Waals surface area (Å²) in [5.41, 5.74) is 5.95. The fraction of sp³-hybridized carbons (Fsp3) is 0.533. The second-order valence-corrected chi connectivity index (χ2v) is 5.29. The second kappa shape index (κ2) is 5.58. The maximum Gasteiger partial charge on any atom is 0.129 e. The molecule has 4 heteroatoms. The van der Waals surface area contributed by atoms with Crippen LogP contribution in [-0.4, -0.2) is 12.1 Å². The minimum Gasteiger partial charge on any atom is -0.493 e. The molecule has 0 heterocycles. The zero-order chi connectivity index (χ0) is 13.9. The highest BCUT2D eigenvalue weighted by Gasteiger charge is 2.39. The third kappa shape index (κ3) is 3.05. The molecule has 19 heavy (non-hydrogen) atoms. The summed E-state index contributed by atoms with van der Waals surface area (Å²) in [4.78, 5) is 0. The molecule has 0 saturated heterocycles. The number of hydrogen-bond donors (Lipinski definition) is 1. The summed E-state index contributed by atoms with van der Waals surface area (Å²) >= 11 is 0. The van der Waals surface area contributed by atoms with Crippen molar-refractivity contribution in [3.05, 3.63) is 29.6 Å². The summed E-state index contributed by atoms with van der Waals surface area (Å²) in [6.45, 7) is 2.18. The molecular weight excluding hydrogens is 243 g/mol. The van der Waals surface area contributed by atoms with Crippen LogP contribution in [0.5, 0.6) is 5.75 Å². The monoisotopic (exact) mass is 262 g/mol. The van der Waals surface area contributed by atoms with Crippen molar-refractivity contribution in [2.75, 3.05) is 6.61 Å². The van der Waals surface area contributed by atoms with E-state index in [4.69, 9.17) is 15.7 Å². The lowest BCUT2D eigenvalue weighted by molar-refractivity contribution is 0.254. The molecule has 0 aliphatic heterocycles. The highest BCUT2D eigenvalue weighted by Crippen LogP contribution is 2.35. The molecule has 2 rings (SSSR count). The van der Waals surface area contributed by atoms with Crippen molar-refractivity contribution in [2.24, 2.45) is 11.7 Å². The van der Waals surface area contributed by atoms with Gasteiger partial charge in [-0.2, -0.15) is 5.26 Å². The Hall–Kier alpha value is -1.60. The molecule has 0 bridgehead atoms. The Balaban J connectivity index is 1.87. The van der Waals surface area contributed by atoms with E-state index in [1.165, 1.54) is 6.07 Å². The minimum atomic E-state index is -0.706. The first-order valence-electron chi connectivity index (χ1n) is 6.64. The molecular formula is C15H19FN2O. The van der Waals surface area contributed by atoms with Gasteiger partial charge in [-0.05, 0) is 43.7 Å². The third-order valence-electron chi connectivity index (χ3n) is 3.96. The van der Waals surface area contributed by atoms with Crippen molar-refractivity contribution in [1.29, 1.82) is 5.26 Å². The number of nitriles is 1. The number of hydrogen-bond acceptors (Lipinski definition) is 3. The van der Waals surface area contributed by atoms with E-state index < -0.39 is 5.54 Å². The van der Waals surface area contributed by atoms with Gasteiger partial charge in [-0.1, -0.05) is 12.5 Å². The summed E-state index contributed by atoms with van der Waals surface area (Å²) in [5.74, 6) is 0.442. The molecule has 0 amide bonds. The fourth-order valence-electron chi connectivity index (χ4n) is 2.63. The van der Waals surface area contributed by atoms with E-state index in [2.05, 4.69) is 6.07 Å². The van der Waals surface area contributed by atoms with E-state index >= 15 is 0 Å². The van der Waals surface area contributed by atoms with Gasteiger partial charge in [0.05, 0.1) is 12.7 Å². The molecule has 2 N–H and O–H groups in total. The second-order valence-electron chi connectivity index (χ2n) is 5.29. The first kappa shape index (κ1) is 13.8. The van der Waals surface area contributed by atoms with Crippen molar-refractivity contribution in [2.45, 2.75) is 38.1 Å². The molecule has 1 aromatic carbocycles. The van der Waals surface area contributed by atoms with Gasteiger partial charge in [0, 0.05) is 6.07 Å². The van der Waals surface area contributed by atoms with Crippen molar-refractivity contribution in [3.63, 3.8) is 0 Å². The molecule has 2 unspecified atom stereocenters. The van der Waals surface area contributed by atoms with Crippen LogP contribution in [0.2, 0.25) is 0 Å². The van der Waals surface area contributed by atoms with Crippen LogP contribution >= 0.6 is 0 Å². The summed E-state index contributed by atoms with van der Waals surface area (Å²) < 4.78 is 18.9. The van der Waals surface area contributed by atoms with Crippen LogP contribution in [0.1, 0.15) is 31.2 Å². The van der Waals surface area contributed by atoms with Crippen molar-refractivity contribution in [3.8, 4) is 11.8 Å². The standard InChI is InChI=1S/C15H19FN2O/c1-11-4-5-13(9-14(11)16)19-8-6-12-3-2-7-15(12,18)10-17/h4-5,9,12H,2-3,6-8,18H2,1H3. The van der Waals surface area contributed by atoms with E-state index in [0.29, 0.717) is 17.9 Å². The van der Waals surface area contributed by atoms with Crippen LogP contribution in [0.25, 0.3) is 0 Å². The fourth-order valence-corrected chi connectivity index (χ4v) is 2.63. The molecule has 1 fully saturated rings. The van der Waals surface area contributed by atoms with Gasteiger partial charge >= 0.3 is 0 Å².